The summed E-state index contributed by atoms with van der Waals surface area (Å²) >= 11 is 5.71. The van der Waals surface area contributed by atoms with Gasteiger partial charge in [0.15, 0.2) is 5.65 Å². The predicted octanol–water partition coefficient (Wildman–Crippen LogP) is 2.28. The highest BCUT2D eigenvalue weighted by Gasteiger charge is 2.18. The number of anilines is 1. The fourth-order valence-electron chi connectivity index (χ4n) is 1.98. The van der Waals surface area contributed by atoms with Gasteiger partial charge < -0.3 is 10.1 Å². The highest BCUT2D eigenvalue weighted by atomic mass is 35.5. The molecular formula is C13H17ClN4O2. The number of fused-ring (bicyclic) bond motifs is 1. The van der Waals surface area contributed by atoms with Crippen LogP contribution in [0.3, 0.4) is 0 Å². The molecule has 20 heavy (non-hydrogen) atoms. The van der Waals surface area contributed by atoms with Crippen LogP contribution in [0.2, 0.25) is 0 Å². The summed E-state index contributed by atoms with van der Waals surface area (Å²) in [5.74, 6) is 0.0387. The highest BCUT2D eigenvalue weighted by Crippen LogP contribution is 2.26. The van der Waals surface area contributed by atoms with Crippen molar-refractivity contribution in [2.45, 2.75) is 20.4 Å². The van der Waals surface area contributed by atoms with Gasteiger partial charge >= 0.3 is 5.97 Å². The van der Waals surface area contributed by atoms with Crippen LogP contribution in [0.1, 0.15) is 24.2 Å². The fraction of sp³-hybridized carbons (Fsp3) is 0.462. The molecule has 2 heterocycles. The first-order chi connectivity index (χ1) is 9.72. The predicted molar refractivity (Wildman–Crippen MR) is 78.4 cm³/mol. The maximum absolute atomic E-state index is 12.0. The van der Waals surface area contributed by atoms with E-state index in [1.807, 2.05) is 6.92 Å². The second-order valence-corrected chi connectivity index (χ2v) is 4.46. The molecule has 0 amide bonds. The first-order valence-corrected chi connectivity index (χ1v) is 7.07. The van der Waals surface area contributed by atoms with Crippen LogP contribution >= 0.6 is 11.6 Å². The minimum atomic E-state index is -0.400. The SMILES string of the molecule is CCOC(=O)c1cnc2c(cnn2CC)c1NCCCl. The summed E-state index contributed by atoms with van der Waals surface area (Å²) in [5, 5.41) is 8.21. The third kappa shape index (κ3) is 2.70. The number of ether oxygens (including phenoxy) is 1. The molecule has 0 radical (unpaired) electrons. The van der Waals surface area contributed by atoms with E-state index in [4.69, 9.17) is 16.3 Å². The Kier molecular flexibility index (Phi) is 4.79. The standard InChI is InChI=1S/C13H17ClN4O2/c1-3-18-12-9(8-17-18)11(15-6-5-14)10(7-16-12)13(19)20-4-2/h7-8H,3-6H2,1-2H3,(H,15,16). The van der Waals surface area contributed by atoms with Crippen molar-refractivity contribution in [3.63, 3.8) is 0 Å². The van der Waals surface area contributed by atoms with Crippen molar-refractivity contribution < 1.29 is 9.53 Å². The van der Waals surface area contributed by atoms with E-state index in [2.05, 4.69) is 15.4 Å². The zero-order valence-electron chi connectivity index (χ0n) is 11.5. The number of aromatic nitrogens is 3. The number of hydrogen-bond acceptors (Lipinski definition) is 5. The van der Waals surface area contributed by atoms with E-state index in [1.165, 1.54) is 6.20 Å². The summed E-state index contributed by atoms with van der Waals surface area (Å²) in [6.07, 6.45) is 3.22. The van der Waals surface area contributed by atoms with Crippen molar-refractivity contribution in [3.05, 3.63) is 18.0 Å². The van der Waals surface area contributed by atoms with E-state index in [0.29, 0.717) is 36.8 Å². The fourth-order valence-corrected chi connectivity index (χ4v) is 2.08. The number of hydrogen-bond donors (Lipinski definition) is 1. The molecule has 0 unspecified atom stereocenters. The van der Waals surface area contributed by atoms with Gasteiger partial charge in [-0.1, -0.05) is 0 Å². The summed E-state index contributed by atoms with van der Waals surface area (Å²) in [5.41, 5.74) is 1.81. The number of aryl methyl sites for hydroxylation is 1. The zero-order valence-corrected chi connectivity index (χ0v) is 12.3. The molecule has 0 aromatic carbocycles. The van der Waals surface area contributed by atoms with Crippen molar-refractivity contribution in [3.8, 4) is 0 Å². The summed E-state index contributed by atoms with van der Waals surface area (Å²) in [7, 11) is 0. The first-order valence-electron chi connectivity index (χ1n) is 6.54. The maximum atomic E-state index is 12.0. The molecule has 7 heteroatoms. The third-order valence-electron chi connectivity index (χ3n) is 2.86. The minimum Gasteiger partial charge on any atom is -0.462 e. The van der Waals surface area contributed by atoms with Gasteiger partial charge in [0, 0.05) is 25.2 Å². The van der Waals surface area contributed by atoms with Crippen LogP contribution < -0.4 is 5.32 Å². The van der Waals surface area contributed by atoms with Crippen LogP contribution in [-0.2, 0) is 11.3 Å². The van der Waals surface area contributed by atoms with Gasteiger partial charge in [0.05, 0.1) is 23.9 Å². The smallest absolute Gasteiger partial charge is 0.341 e. The number of carbonyl (C=O) groups is 1. The van der Waals surface area contributed by atoms with E-state index in [1.54, 1.807) is 17.8 Å². The average Bonchev–Trinajstić information content (AvgIpc) is 2.88. The van der Waals surface area contributed by atoms with Crippen molar-refractivity contribution in [1.82, 2.24) is 14.8 Å². The summed E-state index contributed by atoms with van der Waals surface area (Å²) in [6.45, 7) is 5.33. The van der Waals surface area contributed by atoms with E-state index in [-0.39, 0.29) is 0 Å². The summed E-state index contributed by atoms with van der Waals surface area (Å²) < 4.78 is 6.83. The number of alkyl halides is 1. The van der Waals surface area contributed by atoms with Gasteiger partial charge in [-0.15, -0.1) is 11.6 Å². The van der Waals surface area contributed by atoms with Crippen molar-refractivity contribution >= 4 is 34.3 Å². The van der Waals surface area contributed by atoms with Crippen LogP contribution in [0.4, 0.5) is 5.69 Å². The Bertz CT molecular complexity index is 612. The highest BCUT2D eigenvalue weighted by molar-refractivity contribution is 6.18. The Morgan fingerprint density at radius 1 is 1.45 bits per heavy atom. The van der Waals surface area contributed by atoms with Crippen molar-refractivity contribution in [2.24, 2.45) is 0 Å². The summed E-state index contributed by atoms with van der Waals surface area (Å²) in [4.78, 5) is 16.3. The lowest BCUT2D eigenvalue weighted by Crippen LogP contribution is -2.12. The topological polar surface area (TPSA) is 69.0 Å². The number of nitrogens with zero attached hydrogens (tertiary/aromatic N) is 3. The van der Waals surface area contributed by atoms with Crippen LogP contribution in [0, 0.1) is 0 Å². The van der Waals surface area contributed by atoms with Gasteiger partial charge in [0.2, 0.25) is 0 Å². The molecule has 0 aliphatic heterocycles. The maximum Gasteiger partial charge on any atom is 0.341 e. The minimum absolute atomic E-state index is 0.319. The molecule has 0 spiro atoms. The number of pyridine rings is 1. The number of carbonyl (C=O) groups excluding carboxylic acids is 1. The summed E-state index contributed by atoms with van der Waals surface area (Å²) in [6, 6.07) is 0. The Labute approximate surface area is 122 Å². The Balaban J connectivity index is 2.53. The van der Waals surface area contributed by atoms with Gasteiger partial charge in [-0.2, -0.15) is 5.10 Å². The van der Waals surface area contributed by atoms with Gasteiger partial charge in [0.25, 0.3) is 0 Å². The van der Waals surface area contributed by atoms with Crippen molar-refractivity contribution in [1.29, 1.82) is 0 Å². The van der Waals surface area contributed by atoms with Gasteiger partial charge in [0.1, 0.15) is 5.56 Å². The molecule has 2 rings (SSSR count). The molecule has 0 aliphatic carbocycles. The first kappa shape index (κ1) is 14.6. The lowest BCUT2D eigenvalue weighted by atomic mass is 10.2. The number of nitrogens with one attached hydrogen (secondary N) is 1. The van der Waals surface area contributed by atoms with Crippen LogP contribution in [0.15, 0.2) is 12.4 Å². The lowest BCUT2D eigenvalue weighted by Gasteiger charge is -2.11. The second-order valence-electron chi connectivity index (χ2n) is 4.08. The Hall–Kier alpha value is -1.82. The molecule has 0 aliphatic rings. The van der Waals surface area contributed by atoms with Gasteiger partial charge in [-0.3, -0.25) is 0 Å². The lowest BCUT2D eigenvalue weighted by molar-refractivity contribution is 0.0527. The monoisotopic (exact) mass is 296 g/mol. The molecule has 108 valence electrons. The third-order valence-corrected chi connectivity index (χ3v) is 3.05. The van der Waals surface area contributed by atoms with E-state index in [9.17, 15) is 4.79 Å². The molecule has 0 fully saturated rings. The normalized spacial score (nSPS) is 10.8. The quantitative estimate of drug-likeness (QED) is 0.654. The van der Waals surface area contributed by atoms with Crippen LogP contribution in [-0.4, -0.2) is 39.8 Å². The van der Waals surface area contributed by atoms with E-state index < -0.39 is 5.97 Å². The van der Waals surface area contributed by atoms with Crippen LogP contribution in [0.5, 0.6) is 0 Å². The largest absolute Gasteiger partial charge is 0.462 e. The average molecular weight is 297 g/mol. The van der Waals surface area contributed by atoms with Gasteiger partial charge in [-0.25, -0.2) is 14.5 Å². The van der Waals surface area contributed by atoms with Crippen molar-refractivity contribution in [2.75, 3.05) is 24.3 Å². The van der Waals surface area contributed by atoms with Gasteiger partial charge in [-0.05, 0) is 13.8 Å². The second kappa shape index (κ2) is 6.56. The molecule has 2 aromatic rings. The number of esters is 1. The Morgan fingerprint density at radius 3 is 2.90 bits per heavy atom. The molecule has 0 saturated heterocycles. The number of rotatable bonds is 6. The van der Waals surface area contributed by atoms with E-state index >= 15 is 0 Å². The Morgan fingerprint density at radius 2 is 2.25 bits per heavy atom. The van der Waals surface area contributed by atoms with Crippen LogP contribution in [0.25, 0.3) is 11.0 Å². The molecular weight excluding hydrogens is 280 g/mol. The van der Waals surface area contributed by atoms with E-state index in [0.717, 1.165) is 11.0 Å². The zero-order chi connectivity index (χ0) is 14.5. The molecule has 6 nitrogen and oxygen atoms in total. The number of halogens is 1. The molecule has 2 aromatic heterocycles. The molecule has 0 saturated carbocycles. The molecule has 0 bridgehead atoms. The molecule has 1 N–H and O–H groups in total. The molecule has 0 atom stereocenters.